The average Bonchev–Trinajstić information content (AvgIpc) is 3.19. The number of anilines is 1. The van der Waals surface area contributed by atoms with E-state index in [0.717, 1.165) is 12.8 Å². The number of ether oxygens (including phenoxy) is 1. The summed E-state index contributed by atoms with van der Waals surface area (Å²) >= 11 is 0. The highest BCUT2D eigenvalue weighted by molar-refractivity contribution is 6.16. The maximum absolute atomic E-state index is 13.8. The molecule has 0 spiro atoms. The van der Waals surface area contributed by atoms with Crippen LogP contribution in [0.2, 0.25) is 0 Å². The molecule has 2 aromatic rings. The van der Waals surface area contributed by atoms with E-state index >= 15 is 0 Å². The van der Waals surface area contributed by atoms with Crippen LogP contribution in [-0.4, -0.2) is 63.2 Å². The lowest BCUT2D eigenvalue weighted by Gasteiger charge is -2.49. The van der Waals surface area contributed by atoms with Crippen molar-refractivity contribution in [3.63, 3.8) is 0 Å². The molecule has 10 heteroatoms. The van der Waals surface area contributed by atoms with E-state index in [2.05, 4.69) is 5.16 Å². The van der Waals surface area contributed by atoms with Gasteiger partial charge in [-0.05, 0) is 56.1 Å². The fraction of sp³-hybridized carbons (Fsp3) is 0.480. The van der Waals surface area contributed by atoms with E-state index in [4.69, 9.17) is 15.0 Å². The third-order valence-electron chi connectivity index (χ3n) is 7.46. The number of aliphatic hydroxyl groups is 2. The molecule has 0 fully saturated rings. The number of nitrogens with two attached hydrogens (primary N) is 1. The van der Waals surface area contributed by atoms with Gasteiger partial charge in [0, 0.05) is 23.2 Å². The van der Waals surface area contributed by atoms with Gasteiger partial charge in [0.1, 0.15) is 17.1 Å². The van der Waals surface area contributed by atoms with Crippen molar-refractivity contribution in [3.8, 4) is 11.6 Å². The van der Waals surface area contributed by atoms with E-state index in [1.54, 1.807) is 25.1 Å². The van der Waals surface area contributed by atoms with Gasteiger partial charge in [0.15, 0.2) is 17.1 Å². The number of allylic oxidation sites excluding steroid dienone is 1. The van der Waals surface area contributed by atoms with Crippen LogP contribution in [-0.2, 0) is 6.42 Å². The monoisotopic (exact) mass is 483 g/mol. The Labute approximate surface area is 202 Å². The molecule has 35 heavy (non-hydrogen) atoms. The minimum Gasteiger partial charge on any atom is -0.508 e. The number of hydrogen-bond donors (Lipinski definition) is 4. The number of Topliss-reactive ketones (excluding diaryl/α,β-unsaturated/α-hetero) is 2. The Morgan fingerprint density at radius 1 is 1.26 bits per heavy atom. The highest BCUT2D eigenvalue weighted by Gasteiger charge is 2.63. The van der Waals surface area contributed by atoms with Crippen molar-refractivity contribution in [1.82, 2.24) is 10.1 Å². The SMILES string of the molecule is CCCCOc1noc2c1C(=O)[C@@]1(O)C(O)=C3C(=O)c4c(O)cc(N)cc4C[C@H]3C[C@H]1[C@@H]2N(C)C. The largest absolute Gasteiger partial charge is 0.508 e. The number of unbranched alkanes of at least 4 members (excludes halogenated alkanes) is 1. The van der Waals surface area contributed by atoms with Crippen LogP contribution >= 0.6 is 0 Å². The van der Waals surface area contributed by atoms with Crippen molar-refractivity contribution in [3.05, 3.63) is 45.9 Å². The first-order valence-electron chi connectivity index (χ1n) is 11.8. The zero-order valence-electron chi connectivity index (χ0n) is 19.9. The number of carbonyl (C=O) groups excluding carboxylic acids is 2. The Kier molecular flexibility index (Phi) is 5.41. The lowest BCUT2D eigenvalue weighted by molar-refractivity contribution is -0.0559. The predicted octanol–water partition coefficient (Wildman–Crippen LogP) is 2.56. The Morgan fingerprint density at radius 3 is 2.69 bits per heavy atom. The Balaban J connectivity index is 1.67. The fourth-order valence-corrected chi connectivity index (χ4v) is 5.89. The molecule has 0 unspecified atom stereocenters. The number of carbonyl (C=O) groups is 2. The van der Waals surface area contributed by atoms with Crippen molar-refractivity contribution in [2.45, 2.75) is 44.2 Å². The van der Waals surface area contributed by atoms with Crippen LogP contribution in [0, 0.1) is 11.8 Å². The molecule has 0 saturated carbocycles. The number of phenolic OH excluding ortho intramolecular Hbond substituents is 1. The Bertz CT molecular complexity index is 1260. The van der Waals surface area contributed by atoms with Crippen molar-refractivity contribution >= 4 is 17.3 Å². The third kappa shape index (κ3) is 3.20. The summed E-state index contributed by atoms with van der Waals surface area (Å²) in [6.45, 7) is 2.31. The average molecular weight is 484 g/mol. The number of aliphatic hydroxyl groups excluding tert-OH is 1. The second-order valence-corrected chi connectivity index (χ2v) is 9.84. The molecular weight excluding hydrogens is 454 g/mol. The standard InChI is InChI=1S/C25H29N3O7/c1-4-5-6-34-24-18-21(35-27-24)19(28(2)3)14-9-12-7-11-8-13(26)10-15(29)16(11)20(30)17(12)22(31)25(14,33)23(18)32/h8,10,12,14,19,29,31,33H,4-7,9,26H2,1-3H3/t12-,14-,19-,25-/m0/s1. The van der Waals surface area contributed by atoms with E-state index < -0.39 is 40.8 Å². The summed E-state index contributed by atoms with van der Waals surface area (Å²) in [4.78, 5) is 29.0. The quantitative estimate of drug-likeness (QED) is 0.368. The summed E-state index contributed by atoms with van der Waals surface area (Å²) in [6.07, 6.45) is 2.14. The number of benzene rings is 1. The molecule has 0 bridgehead atoms. The second kappa shape index (κ2) is 8.10. The lowest BCUT2D eigenvalue weighted by Crippen LogP contribution is -2.59. The van der Waals surface area contributed by atoms with Crippen LogP contribution in [0.15, 0.2) is 28.0 Å². The molecule has 5 rings (SSSR count). The molecule has 10 nitrogen and oxygen atoms in total. The molecular formula is C25H29N3O7. The first-order valence-corrected chi connectivity index (χ1v) is 11.8. The Morgan fingerprint density at radius 2 is 2.00 bits per heavy atom. The van der Waals surface area contributed by atoms with Gasteiger partial charge in [0.25, 0.3) is 5.88 Å². The van der Waals surface area contributed by atoms with Crippen LogP contribution < -0.4 is 10.5 Å². The number of hydrogen-bond acceptors (Lipinski definition) is 10. The lowest BCUT2D eigenvalue weighted by atomic mass is 9.58. The van der Waals surface area contributed by atoms with Gasteiger partial charge < -0.3 is 30.3 Å². The minimum atomic E-state index is -2.38. The number of nitrogens with zero attached hydrogens (tertiary/aromatic N) is 2. The van der Waals surface area contributed by atoms with Gasteiger partial charge >= 0.3 is 0 Å². The van der Waals surface area contributed by atoms with Gasteiger partial charge in [0.05, 0.1) is 18.2 Å². The number of phenols is 1. The van der Waals surface area contributed by atoms with Gasteiger partial charge in [-0.3, -0.25) is 14.5 Å². The minimum absolute atomic E-state index is 0.0246. The summed E-state index contributed by atoms with van der Waals surface area (Å²) < 4.78 is 11.3. The van der Waals surface area contributed by atoms with E-state index in [9.17, 15) is 24.9 Å². The molecule has 1 aromatic heterocycles. The molecule has 0 amide bonds. The van der Waals surface area contributed by atoms with Crippen molar-refractivity contribution in [1.29, 1.82) is 0 Å². The first-order chi connectivity index (χ1) is 16.6. The van der Waals surface area contributed by atoms with Gasteiger partial charge in [-0.1, -0.05) is 13.3 Å². The van der Waals surface area contributed by atoms with Gasteiger partial charge in [-0.15, -0.1) is 0 Å². The molecule has 1 aromatic carbocycles. The van der Waals surface area contributed by atoms with Crippen LogP contribution in [0.3, 0.4) is 0 Å². The van der Waals surface area contributed by atoms with Crippen LogP contribution in [0.1, 0.15) is 64.3 Å². The second-order valence-electron chi connectivity index (χ2n) is 9.84. The molecule has 0 saturated heterocycles. The Hall–Kier alpha value is -3.37. The van der Waals surface area contributed by atoms with Gasteiger partial charge in [-0.25, -0.2) is 0 Å². The van der Waals surface area contributed by atoms with Crippen molar-refractivity contribution in [2.24, 2.45) is 11.8 Å². The van der Waals surface area contributed by atoms with E-state index in [0.29, 0.717) is 24.3 Å². The smallest absolute Gasteiger partial charge is 0.265 e. The zero-order chi connectivity index (χ0) is 25.2. The molecule has 186 valence electrons. The van der Waals surface area contributed by atoms with E-state index in [-0.39, 0.29) is 40.5 Å². The van der Waals surface area contributed by atoms with Crippen molar-refractivity contribution in [2.75, 3.05) is 26.4 Å². The summed E-state index contributed by atoms with van der Waals surface area (Å²) in [6, 6.07) is 2.29. The van der Waals surface area contributed by atoms with E-state index in [1.807, 2.05) is 6.92 Å². The number of nitrogen functional groups attached to an aromatic ring is 1. The molecule has 4 atom stereocenters. The number of fused-ring (bicyclic) bond motifs is 4. The van der Waals surface area contributed by atoms with Crippen molar-refractivity contribution < 1.29 is 34.2 Å². The number of aromatic nitrogens is 1. The number of rotatable bonds is 5. The van der Waals surface area contributed by atoms with Gasteiger partial charge in [0.2, 0.25) is 5.78 Å². The van der Waals surface area contributed by atoms with Gasteiger partial charge in [-0.2, -0.15) is 0 Å². The van der Waals surface area contributed by atoms with Crippen LogP contribution in [0.25, 0.3) is 0 Å². The van der Waals surface area contributed by atoms with E-state index in [1.165, 1.54) is 6.07 Å². The fourth-order valence-electron chi connectivity index (χ4n) is 5.89. The van der Waals surface area contributed by atoms with Crippen LogP contribution in [0.4, 0.5) is 5.69 Å². The summed E-state index contributed by atoms with van der Waals surface area (Å²) in [7, 11) is 3.56. The molecule has 5 N–H and O–H groups in total. The molecule has 1 heterocycles. The normalized spacial score (nSPS) is 27.4. The summed E-state index contributed by atoms with van der Waals surface area (Å²) in [5.41, 5.74) is 4.33. The number of aromatic hydroxyl groups is 1. The first kappa shape index (κ1) is 23.4. The highest BCUT2D eigenvalue weighted by Crippen LogP contribution is 2.56. The maximum atomic E-state index is 13.8. The zero-order valence-corrected chi connectivity index (χ0v) is 19.9. The maximum Gasteiger partial charge on any atom is 0.265 e. The highest BCUT2D eigenvalue weighted by atomic mass is 16.5. The molecule has 0 aliphatic heterocycles. The summed E-state index contributed by atoms with van der Waals surface area (Å²) in [5.74, 6) is -3.49. The van der Waals surface area contributed by atoms with Crippen LogP contribution in [0.5, 0.6) is 11.6 Å². The predicted molar refractivity (Wildman–Crippen MR) is 124 cm³/mol. The topological polar surface area (TPSA) is 159 Å². The number of ketones is 2. The molecule has 3 aliphatic rings. The molecule has 3 aliphatic carbocycles. The summed E-state index contributed by atoms with van der Waals surface area (Å²) in [5, 5.41) is 37.7. The molecule has 0 radical (unpaired) electrons. The third-order valence-corrected chi connectivity index (χ3v) is 7.46.